The van der Waals surface area contributed by atoms with Gasteiger partial charge in [-0.2, -0.15) is 5.10 Å². The number of anilines is 1. The van der Waals surface area contributed by atoms with Crippen LogP contribution < -0.4 is 5.73 Å². The lowest BCUT2D eigenvalue weighted by molar-refractivity contribution is 0.0743. The standard InChI is InChI=1S/C9H16BrN3O/c1-7(2)14-5-3-4-13-6-8(10)9(11)12-13/h6-7H,3-5H2,1-2H3,(H2,11,12). The van der Waals surface area contributed by atoms with Gasteiger partial charge in [0, 0.05) is 19.3 Å². The van der Waals surface area contributed by atoms with Crippen LogP contribution in [0.5, 0.6) is 0 Å². The first-order chi connectivity index (χ1) is 6.59. The quantitative estimate of drug-likeness (QED) is 0.826. The van der Waals surface area contributed by atoms with E-state index in [0.717, 1.165) is 24.0 Å². The minimum atomic E-state index is 0.296. The number of aromatic nitrogens is 2. The first kappa shape index (κ1) is 11.5. The van der Waals surface area contributed by atoms with E-state index in [2.05, 4.69) is 21.0 Å². The van der Waals surface area contributed by atoms with E-state index in [-0.39, 0.29) is 0 Å². The van der Waals surface area contributed by atoms with Crippen LogP contribution in [0.1, 0.15) is 20.3 Å². The van der Waals surface area contributed by atoms with E-state index in [9.17, 15) is 0 Å². The molecule has 1 rings (SSSR count). The Morgan fingerprint density at radius 3 is 2.86 bits per heavy atom. The molecule has 4 nitrogen and oxygen atoms in total. The predicted molar refractivity (Wildman–Crippen MR) is 60.0 cm³/mol. The van der Waals surface area contributed by atoms with Crippen molar-refractivity contribution in [1.82, 2.24) is 9.78 Å². The topological polar surface area (TPSA) is 53.1 Å². The molecule has 0 aromatic carbocycles. The van der Waals surface area contributed by atoms with E-state index in [0.29, 0.717) is 11.9 Å². The molecule has 0 bridgehead atoms. The summed E-state index contributed by atoms with van der Waals surface area (Å²) in [5.74, 6) is 0.537. The lowest BCUT2D eigenvalue weighted by Crippen LogP contribution is -2.07. The third-order valence-corrected chi connectivity index (χ3v) is 2.34. The van der Waals surface area contributed by atoms with Gasteiger partial charge in [-0.3, -0.25) is 4.68 Å². The lowest BCUT2D eigenvalue weighted by atomic mass is 10.4. The third kappa shape index (κ3) is 3.67. The van der Waals surface area contributed by atoms with Crippen molar-refractivity contribution >= 4 is 21.7 Å². The number of nitrogen functional groups attached to an aromatic ring is 1. The van der Waals surface area contributed by atoms with E-state index in [1.54, 1.807) is 0 Å². The zero-order chi connectivity index (χ0) is 10.6. The van der Waals surface area contributed by atoms with Crippen molar-refractivity contribution in [2.24, 2.45) is 0 Å². The Bertz CT molecular complexity index is 266. The van der Waals surface area contributed by atoms with Gasteiger partial charge in [-0.05, 0) is 36.2 Å². The summed E-state index contributed by atoms with van der Waals surface area (Å²) >= 11 is 3.31. The Balaban J connectivity index is 2.25. The molecule has 80 valence electrons. The summed E-state index contributed by atoms with van der Waals surface area (Å²) in [7, 11) is 0. The lowest BCUT2D eigenvalue weighted by Gasteiger charge is -2.06. The van der Waals surface area contributed by atoms with Crippen molar-refractivity contribution in [2.75, 3.05) is 12.3 Å². The number of hydrogen-bond donors (Lipinski definition) is 1. The summed E-state index contributed by atoms with van der Waals surface area (Å²) in [6.45, 7) is 5.66. The van der Waals surface area contributed by atoms with Gasteiger partial charge >= 0.3 is 0 Å². The maximum Gasteiger partial charge on any atom is 0.159 e. The molecule has 0 aliphatic carbocycles. The van der Waals surface area contributed by atoms with Gasteiger partial charge in [-0.25, -0.2) is 0 Å². The molecular formula is C9H16BrN3O. The smallest absolute Gasteiger partial charge is 0.159 e. The molecule has 0 fully saturated rings. The minimum Gasteiger partial charge on any atom is -0.381 e. The van der Waals surface area contributed by atoms with E-state index in [4.69, 9.17) is 10.5 Å². The van der Waals surface area contributed by atoms with Crippen LogP contribution in [-0.2, 0) is 11.3 Å². The Hall–Kier alpha value is -0.550. The Labute approximate surface area is 92.5 Å². The second kappa shape index (κ2) is 5.36. The molecule has 0 aliphatic heterocycles. The van der Waals surface area contributed by atoms with Crippen molar-refractivity contribution in [2.45, 2.75) is 32.9 Å². The highest BCUT2D eigenvalue weighted by molar-refractivity contribution is 9.10. The molecule has 14 heavy (non-hydrogen) atoms. The SMILES string of the molecule is CC(C)OCCCn1cc(Br)c(N)n1. The van der Waals surface area contributed by atoms with Gasteiger partial charge in [0.2, 0.25) is 0 Å². The molecule has 1 aromatic heterocycles. The first-order valence-electron chi connectivity index (χ1n) is 4.69. The summed E-state index contributed by atoms with van der Waals surface area (Å²) in [4.78, 5) is 0. The molecule has 0 saturated heterocycles. The van der Waals surface area contributed by atoms with Crippen molar-refractivity contribution in [3.05, 3.63) is 10.7 Å². The molecule has 1 aromatic rings. The van der Waals surface area contributed by atoms with Gasteiger partial charge in [-0.15, -0.1) is 0 Å². The number of hydrogen-bond acceptors (Lipinski definition) is 3. The average Bonchev–Trinajstić information content (AvgIpc) is 2.40. The van der Waals surface area contributed by atoms with Crippen LogP contribution >= 0.6 is 15.9 Å². The molecule has 0 radical (unpaired) electrons. The van der Waals surface area contributed by atoms with Crippen LogP contribution in [0.2, 0.25) is 0 Å². The van der Waals surface area contributed by atoms with Gasteiger partial charge in [0.1, 0.15) is 0 Å². The molecule has 0 amide bonds. The minimum absolute atomic E-state index is 0.296. The number of ether oxygens (including phenoxy) is 1. The Kier molecular flexibility index (Phi) is 4.41. The highest BCUT2D eigenvalue weighted by Gasteiger charge is 2.01. The van der Waals surface area contributed by atoms with Crippen LogP contribution in [0, 0.1) is 0 Å². The molecule has 0 atom stereocenters. The van der Waals surface area contributed by atoms with Gasteiger partial charge in [0.05, 0.1) is 10.6 Å². The number of halogens is 1. The molecular weight excluding hydrogens is 246 g/mol. The van der Waals surface area contributed by atoms with E-state index in [1.165, 1.54) is 0 Å². The zero-order valence-electron chi connectivity index (χ0n) is 8.53. The van der Waals surface area contributed by atoms with E-state index >= 15 is 0 Å². The average molecular weight is 262 g/mol. The fourth-order valence-electron chi connectivity index (χ4n) is 1.07. The van der Waals surface area contributed by atoms with Gasteiger partial charge in [0.15, 0.2) is 5.82 Å². The molecule has 0 unspecified atom stereocenters. The molecule has 0 saturated carbocycles. The van der Waals surface area contributed by atoms with Crippen molar-refractivity contribution in [3.63, 3.8) is 0 Å². The zero-order valence-corrected chi connectivity index (χ0v) is 10.1. The Morgan fingerprint density at radius 2 is 2.36 bits per heavy atom. The molecule has 2 N–H and O–H groups in total. The molecule has 0 spiro atoms. The second-order valence-electron chi connectivity index (χ2n) is 3.40. The summed E-state index contributed by atoms with van der Waals surface area (Å²) in [5, 5.41) is 4.12. The van der Waals surface area contributed by atoms with Crippen LogP contribution in [-0.4, -0.2) is 22.5 Å². The second-order valence-corrected chi connectivity index (χ2v) is 4.25. The number of nitrogens with zero attached hydrogens (tertiary/aromatic N) is 2. The summed E-state index contributed by atoms with van der Waals surface area (Å²) in [6, 6.07) is 0. The van der Waals surface area contributed by atoms with Crippen molar-refractivity contribution in [1.29, 1.82) is 0 Å². The molecule has 1 heterocycles. The summed E-state index contributed by atoms with van der Waals surface area (Å²) < 4.78 is 8.09. The van der Waals surface area contributed by atoms with Gasteiger partial charge in [0.25, 0.3) is 0 Å². The van der Waals surface area contributed by atoms with Gasteiger partial charge in [-0.1, -0.05) is 0 Å². The normalized spacial score (nSPS) is 11.1. The monoisotopic (exact) mass is 261 g/mol. The van der Waals surface area contributed by atoms with Crippen LogP contribution in [0.3, 0.4) is 0 Å². The largest absolute Gasteiger partial charge is 0.381 e. The van der Waals surface area contributed by atoms with E-state index in [1.807, 2.05) is 24.7 Å². The highest BCUT2D eigenvalue weighted by Crippen LogP contribution is 2.16. The number of aryl methyl sites for hydroxylation is 1. The van der Waals surface area contributed by atoms with Crippen LogP contribution in [0.4, 0.5) is 5.82 Å². The fraction of sp³-hybridized carbons (Fsp3) is 0.667. The first-order valence-corrected chi connectivity index (χ1v) is 5.49. The third-order valence-electron chi connectivity index (χ3n) is 1.73. The fourth-order valence-corrected chi connectivity index (χ4v) is 1.39. The Morgan fingerprint density at radius 1 is 1.64 bits per heavy atom. The van der Waals surface area contributed by atoms with Crippen LogP contribution in [0.25, 0.3) is 0 Å². The molecule has 0 aliphatic rings. The molecule has 5 heteroatoms. The van der Waals surface area contributed by atoms with E-state index < -0.39 is 0 Å². The van der Waals surface area contributed by atoms with Gasteiger partial charge < -0.3 is 10.5 Å². The maximum atomic E-state index is 5.58. The maximum absolute atomic E-state index is 5.58. The summed E-state index contributed by atoms with van der Waals surface area (Å²) in [6.07, 6.45) is 3.13. The summed E-state index contributed by atoms with van der Waals surface area (Å²) in [5.41, 5.74) is 5.58. The predicted octanol–water partition coefficient (Wildman–Crippen LogP) is 2.04. The highest BCUT2D eigenvalue weighted by atomic mass is 79.9. The van der Waals surface area contributed by atoms with Crippen molar-refractivity contribution in [3.8, 4) is 0 Å². The number of nitrogens with two attached hydrogens (primary N) is 1. The van der Waals surface area contributed by atoms with Crippen LogP contribution in [0.15, 0.2) is 10.7 Å². The van der Waals surface area contributed by atoms with Crippen molar-refractivity contribution < 1.29 is 4.74 Å². The number of rotatable bonds is 5.